The number of fused-ring (bicyclic) bond motifs is 1. The Morgan fingerprint density at radius 2 is 1.91 bits per heavy atom. The molecule has 4 rings (SSSR count). The van der Waals surface area contributed by atoms with Crippen LogP contribution in [0.2, 0.25) is 0 Å². The Morgan fingerprint density at radius 1 is 1.15 bits per heavy atom. The van der Waals surface area contributed by atoms with E-state index in [1.807, 2.05) is 48.0 Å². The van der Waals surface area contributed by atoms with Crippen molar-refractivity contribution >= 4 is 28.9 Å². The monoisotopic (exact) mass is 449 g/mol. The van der Waals surface area contributed by atoms with E-state index < -0.39 is 12.1 Å². The number of urea groups is 1. The summed E-state index contributed by atoms with van der Waals surface area (Å²) in [6.07, 6.45) is 1.00. The molecule has 33 heavy (non-hydrogen) atoms. The van der Waals surface area contributed by atoms with Gasteiger partial charge in [0.05, 0.1) is 24.7 Å². The van der Waals surface area contributed by atoms with E-state index >= 15 is 0 Å². The van der Waals surface area contributed by atoms with Gasteiger partial charge in [-0.3, -0.25) is 14.5 Å². The van der Waals surface area contributed by atoms with Crippen LogP contribution in [0.15, 0.2) is 48.5 Å². The van der Waals surface area contributed by atoms with Gasteiger partial charge in [0.15, 0.2) is 0 Å². The van der Waals surface area contributed by atoms with E-state index in [2.05, 4.69) is 15.6 Å². The van der Waals surface area contributed by atoms with Crippen LogP contribution >= 0.6 is 0 Å². The first kappa shape index (κ1) is 22.3. The van der Waals surface area contributed by atoms with E-state index in [9.17, 15) is 14.4 Å². The summed E-state index contributed by atoms with van der Waals surface area (Å²) in [5.74, 6) is 1.12. The van der Waals surface area contributed by atoms with Gasteiger partial charge in [-0.05, 0) is 36.2 Å². The van der Waals surface area contributed by atoms with Gasteiger partial charge in [0, 0.05) is 26.4 Å². The van der Waals surface area contributed by atoms with Gasteiger partial charge in [-0.25, -0.2) is 9.78 Å². The number of imide groups is 1. The Bertz CT molecular complexity index is 1170. The number of hydrogen-bond acceptors (Lipinski definition) is 5. The molecular weight excluding hydrogens is 422 g/mol. The van der Waals surface area contributed by atoms with Crippen molar-refractivity contribution in [3.8, 4) is 5.75 Å². The fourth-order valence-electron chi connectivity index (χ4n) is 3.93. The molecule has 0 unspecified atom stereocenters. The molecule has 4 amide bonds. The zero-order valence-corrected chi connectivity index (χ0v) is 18.7. The van der Waals surface area contributed by atoms with Gasteiger partial charge >= 0.3 is 6.03 Å². The molecule has 2 N–H and O–H groups in total. The highest BCUT2D eigenvalue weighted by Crippen LogP contribution is 2.18. The number of amides is 4. The number of nitrogens with zero attached hydrogens (tertiary/aromatic N) is 3. The normalized spacial score (nSPS) is 15.7. The van der Waals surface area contributed by atoms with E-state index in [-0.39, 0.29) is 31.2 Å². The van der Waals surface area contributed by atoms with Crippen LogP contribution in [0.1, 0.15) is 24.2 Å². The number of methoxy groups -OCH3 is 1. The number of aromatic nitrogens is 2. The van der Waals surface area contributed by atoms with Crippen molar-refractivity contribution in [1.82, 2.24) is 25.1 Å². The third-order valence-corrected chi connectivity index (χ3v) is 5.82. The number of aryl methyl sites for hydroxylation is 1. The Kier molecular flexibility index (Phi) is 6.58. The van der Waals surface area contributed by atoms with Gasteiger partial charge in [0.2, 0.25) is 5.91 Å². The summed E-state index contributed by atoms with van der Waals surface area (Å²) < 4.78 is 7.14. The molecule has 0 bridgehead atoms. The van der Waals surface area contributed by atoms with E-state index in [1.165, 1.54) is 4.90 Å². The molecule has 1 aromatic heterocycles. The van der Waals surface area contributed by atoms with Crippen LogP contribution in [0.4, 0.5) is 4.79 Å². The highest BCUT2D eigenvalue weighted by Gasteiger charge is 2.37. The first-order valence-electron chi connectivity index (χ1n) is 10.9. The molecule has 9 heteroatoms. The topological polar surface area (TPSA) is 106 Å². The molecule has 1 fully saturated rings. The maximum absolute atomic E-state index is 12.7. The molecule has 1 aliphatic heterocycles. The number of rotatable bonds is 9. The van der Waals surface area contributed by atoms with Crippen LogP contribution in [0.3, 0.4) is 0 Å². The summed E-state index contributed by atoms with van der Waals surface area (Å²) in [5, 5.41) is 5.55. The molecule has 0 spiro atoms. The summed E-state index contributed by atoms with van der Waals surface area (Å²) in [4.78, 5) is 43.0. The minimum atomic E-state index is -0.693. The predicted molar refractivity (Wildman–Crippen MR) is 123 cm³/mol. The largest absolute Gasteiger partial charge is 0.497 e. The Hall–Kier alpha value is -3.88. The Balaban J connectivity index is 1.23. The molecule has 9 nitrogen and oxygen atoms in total. The van der Waals surface area contributed by atoms with E-state index in [1.54, 1.807) is 19.2 Å². The third kappa shape index (κ3) is 4.97. The van der Waals surface area contributed by atoms with Gasteiger partial charge in [-0.15, -0.1) is 0 Å². The van der Waals surface area contributed by atoms with E-state index in [0.717, 1.165) is 22.4 Å². The molecular formula is C24H27N5O4. The maximum atomic E-state index is 12.7. The molecule has 1 saturated heterocycles. The average Bonchev–Trinajstić information content (AvgIpc) is 3.29. The second-order valence-electron chi connectivity index (χ2n) is 7.99. The SMILES string of the molecule is COc1ccc(CN2C(=O)N[C@H](CCC(=O)NCCc3nc4ccccc4n3C)C2=O)cc1. The molecule has 0 radical (unpaired) electrons. The second-order valence-corrected chi connectivity index (χ2v) is 7.99. The van der Waals surface area contributed by atoms with Crippen molar-refractivity contribution in [3.05, 3.63) is 59.9 Å². The van der Waals surface area contributed by atoms with Crippen molar-refractivity contribution in [2.75, 3.05) is 13.7 Å². The number of hydrogen-bond donors (Lipinski definition) is 2. The number of benzene rings is 2. The Morgan fingerprint density at radius 3 is 2.64 bits per heavy atom. The van der Waals surface area contributed by atoms with Crippen LogP contribution < -0.4 is 15.4 Å². The third-order valence-electron chi connectivity index (χ3n) is 5.82. The number of ether oxygens (including phenoxy) is 1. The predicted octanol–water partition coefficient (Wildman–Crippen LogP) is 2.14. The van der Waals surface area contributed by atoms with Gasteiger partial charge < -0.3 is 19.9 Å². The molecule has 172 valence electrons. The van der Waals surface area contributed by atoms with Crippen LogP contribution in [0, 0.1) is 0 Å². The van der Waals surface area contributed by atoms with Crippen LogP contribution in [-0.2, 0) is 29.6 Å². The average molecular weight is 450 g/mol. The number of carbonyl (C=O) groups excluding carboxylic acids is 3. The number of nitrogens with one attached hydrogen (secondary N) is 2. The quantitative estimate of drug-likeness (QED) is 0.487. The molecule has 2 heterocycles. The molecule has 3 aromatic rings. The lowest BCUT2D eigenvalue weighted by molar-refractivity contribution is -0.128. The summed E-state index contributed by atoms with van der Waals surface area (Å²) in [6, 6.07) is 13.9. The van der Waals surface area contributed by atoms with Crippen LogP contribution in [-0.4, -0.2) is 52.0 Å². The molecule has 1 aliphatic rings. The molecule has 1 atom stereocenters. The molecule has 2 aromatic carbocycles. The lowest BCUT2D eigenvalue weighted by Gasteiger charge is -2.13. The van der Waals surface area contributed by atoms with Crippen molar-refractivity contribution in [2.45, 2.75) is 31.8 Å². The zero-order valence-electron chi connectivity index (χ0n) is 18.7. The smallest absolute Gasteiger partial charge is 0.325 e. The van der Waals surface area contributed by atoms with Crippen molar-refractivity contribution < 1.29 is 19.1 Å². The van der Waals surface area contributed by atoms with Gasteiger partial charge in [0.25, 0.3) is 5.91 Å². The lowest BCUT2D eigenvalue weighted by atomic mass is 10.1. The maximum Gasteiger partial charge on any atom is 0.325 e. The second kappa shape index (κ2) is 9.72. The number of imidazole rings is 1. The lowest BCUT2D eigenvalue weighted by Crippen LogP contribution is -2.33. The summed E-state index contributed by atoms with van der Waals surface area (Å²) in [6.45, 7) is 0.625. The minimum absolute atomic E-state index is 0.148. The van der Waals surface area contributed by atoms with Crippen molar-refractivity contribution in [2.24, 2.45) is 7.05 Å². The summed E-state index contributed by atoms with van der Waals surface area (Å²) in [5.41, 5.74) is 2.80. The Labute approximate surface area is 191 Å². The highest BCUT2D eigenvalue weighted by molar-refractivity contribution is 6.04. The van der Waals surface area contributed by atoms with Gasteiger partial charge in [-0.2, -0.15) is 0 Å². The first-order valence-corrected chi connectivity index (χ1v) is 10.9. The molecule has 0 saturated carbocycles. The highest BCUT2D eigenvalue weighted by atomic mass is 16.5. The van der Waals surface area contributed by atoms with E-state index in [0.29, 0.717) is 18.7 Å². The zero-order chi connectivity index (χ0) is 23.4. The van der Waals surface area contributed by atoms with Crippen molar-refractivity contribution in [1.29, 1.82) is 0 Å². The van der Waals surface area contributed by atoms with Crippen LogP contribution in [0.25, 0.3) is 11.0 Å². The minimum Gasteiger partial charge on any atom is -0.497 e. The van der Waals surface area contributed by atoms with Crippen molar-refractivity contribution in [3.63, 3.8) is 0 Å². The fraction of sp³-hybridized carbons (Fsp3) is 0.333. The summed E-state index contributed by atoms with van der Waals surface area (Å²) in [7, 11) is 3.53. The molecule has 0 aliphatic carbocycles. The van der Waals surface area contributed by atoms with Gasteiger partial charge in [0.1, 0.15) is 17.6 Å². The standard InChI is InChI=1S/C24H27N5O4/c1-28-20-6-4-3-5-18(20)26-21(28)13-14-25-22(30)12-11-19-23(31)29(24(32)27-19)15-16-7-9-17(33-2)10-8-16/h3-10,19H,11-15H2,1-2H3,(H,25,30)(H,27,32)/t19-/m1/s1. The van der Waals surface area contributed by atoms with E-state index in [4.69, 9.17) is 4.74 Å². The van der Waals surface area contributed by atoms with Gasteiger partial charge in [-0.1, -0.05) is 24.3 Å². The first-order chi connectivity index (χ1) is 16.0. The number of para-hydroxylation sites is 2. The summed E-state index contributed by atoms with van der Waals surface area (Å²) >= 11 is 0. The fourth-order valence-corrected chi connectivity index (χ4v) is 3.93. The van der Waals surface area contributed by atoms with Crippen LogP contribution in [0.5, 0.6) is 5.75 Å². The number of carbonyl (C=O) groups is 3.